The summed E-state index contributed by atoms with van der Waals surface area (Å²) in [5.41, 5.74) is 2.64. The minimum Gasteiger partial charge on any atom is -0.373 e. The monoisotopic (exact) mass is 518 g/mol. The first-order valence-corrected chi connectivity index (χ1v) is 11.2. The van der Waals surface area contributed by atoms with Crippen LogP contribution in [-0.2, 0) is 17.8 Å². The number of nitrogens with one attached hydrogen (secondary N) is 2. The van der Waals surface area contributed by atoms with Gasteiger partial charge in [0.25, 0.3) is 0 Å². The number of ether oxygens (including phenoxy) is 1. The molecular formula is C21H35IN4OS. The fourth-order valence-corrected chi connectivity index (χ4v) is 5.06. The van der Waals surface area contributed by atoms with Gasteiger partial charge in [-0.2, -0.15) is 11.8 Å². The third kappa shape index (κ3) is 7.72. The second kappa shape index (κ2) is 12.2. The molecule has 0 aromatic heterocycles. The van der Waals surface area contributed by atoms with Gasteiger partial charge in [-0.1, -0.05) is 24.3 Å². The molecule has 3 atom stereocenters. The first-order valence-electron chi connectivity index (χ1n) is 10.1. The minimum absolute atomic E-state index is 0. The highest BCUT2D eigenvalue weighted by Crippen LogP contribution is 2.25. The zero-order valence-electron chi connectivity index (χ0n) is 17.3. The molecule has 0 spiro atoms. The normalized spacial score (nSPS) is 26.0. The minimum atomic E-state index is 0. The molecule has 5 nitrogen and oxygen atoms in total. The standard InChI is InChI=1S/C21H34N4OS.HI/c1-16-13-25(14-17(2)26-16)15-19-8-6-18(7-9-19)11-23-21(22-3)24-12-20-5-4-10-27-20;/h6-9,16-17,20H,4-5,10-15H2,1-3H3,(H2,22,23,24);1H. The fraction of sp³-hybridized carbons (Fsp3) is 0.667. The van der Waals surface area contributed by atoms with Crippen LogP contribution in [0, 0.1) is 0 Å². The number of rotatable bonds is 6. The van der Waals surface area contributed by atoms with Gasteiger partial charge in [0, 0.05) is 45.0 Å². The molecule has 1 aromatic rings. The van der Waals surface area contributed by atoms with Gasteiger partial charge in [-0.3, -0.25) is 9.89 Å². The van der Waals surface area contributed by atoms with Crippen LogP contribution in [0.25, 0.3) is 0 Å². The summed E-state index contributed by atoms with van der Waals surface area (Å²) < 4.78 is 5.82. The van der Waals surface area contributed by atoms with Crippen LogP contribution in [0.4, 0.5) is 0 Å². The van der Waals surface area contributed by atoms with Gasteiger partial charge in [0.1, 0.15) is 0 Å². The molecule has 0 bridgehead atoms. The summed E-state index contributed by atoms with van der Waals surface area (Å²) >= 11 is 2.07. The molecule has 2 aliphatic rings. The van der Waals surface area contributed by atoms with E-state index in [1.165, 1.54) is 29.7 Å². The highest BCUT2D eigenvalue weighted by Gasteiger charge is 2.22. The number of nitrogens with zero attached hydrogens (tertiary/aromatic N) is 2. The Morgan fingerprint density at radius 2 is 1.82 bits per heavy atom. The van der Waals surface area contributed by atoms with Crippen molar-refractivity contribution in [2.24, 2.45) is 4.99 Å². The van der Waals surface area contributed by atoms with E-state index in [0.29, 0.717) is 12.2 Å². The Kier molecular flexibility index (Phi) is 10.4. The van der Waals surface area contributed by atoms with Gasteiger partial charge in [0.15, 0.2) is 5.96 Å². The molecule has 2 heterocycles. The SMILES string of the molecule is CN=C(NCc1ccc(CN2CC(C)OC(C)C2)cc1)NCC1CCCS1.I. The highest BCUT2D eigenvalue weighted by atomic mass is 127. The molecule has 0 saturated carbocycles. The zero-order chi connectivity index (χ0) is 19.1. The van der Waals surface area contributed by atoms with Crippen molar-refractivity contribution in [1.29, 1.82) is 0 Å². The summed E-state index contributed by atoms with van der Waals surface area (Å²) in [6, 6.07) is 8.92. The molecule has 3 unspecified atom stereocenters. The molecule has 1 aromatic carbocycles. The summed E-state index contributed by atoms with van der Waals surface area (Å²) in [5.74, 6) is 2.19. The molecule has 0 amide bonds. The Morgan fingerprint density at radius 3 is 2.43 bits per heavy atom. The summed E-state index contributed by atoms with van der Waals surface area (Å²) in [4.78, 5) is 6.82. The maximum absolute atomic E-state index is 5.82. The van der Waals surface area contributed by atoms with Crippen LogP contribution in [-0.4, -0.2) is 60.8 Å². The third-order valence-electron chi connectivity index (χ3n) is 5.13. The van der Waals surface area contributed by atoms with E-state index in [-0.39, 0.29) is 24.0 Å². The number of guanidine groups is 1. The van der Waals surface area contributed by atoms with Gasteiger partial charge in [-0.25, -0.2) is 0 Å². The Morgan fingerprint density at radius 1 is 1.14 bits per heavy atom. The average Bonchev–Trinajstić information content (AvgIpc) is 3.16. The van der Waals surface area contributed by atoms with Gasteiger partial charge in [-0.15, -0.1) is 24.0 Å². The van der Waals surface area contributed by atoms with Crippen molar-refractivity contribution >= 4 is 41.7 Å². The number of morpholine rings is 1. The lowest BCUT2D eigenvalue weighted by Gasteiger charge is -2.35. The van der Waals surface area contributed by atoms with Gasteiger partial charge < -0.3 is 15.4 Å². The number of hydrogen-bond acceptors (Lipinski definition) is 4. The van der Waals surface area contributed by atoms with E-state index in [4.69, 9.17) is 4.74 Å². The smallest absolute Gasteiger partial charge is 0.191 e. The topological polar surface area (TPSA) is 48.9 Å². The lowest BCUT2D eigenvalue weighted by atomic mass is 10.1. The molecule has 2 N–H and O–H groups in total. The van der Waals surface area contributed by atoms with Crippen LogP contribution in [0.2, 0.25) is 0 Å². The summed E-state index contributed by atoms with van der Waals surface area (Å²) in [6.07, 6.45) is 3.30. The molecule has 2 aliphatic heterocycles. The zero-order valence-corrected chi connectivity index (χ0v) is 20.5. The Bertz CT molecular complexity index is 597. The third-order valence-corrected chi connectivity index (χ3v) is 6.53. The van der Waals surface area contributed by atoms with Crippen molar-refractivity contribution in [1.82, 2.24) is 15.5 Å². The molecule has 2 fully saturated rings. The summed E-state index contributed by atoms with van der Waals surface area (Å²) in [7, 11) is 1.84. The van der Waals surface area contributed by atoms with E-state index >= 15 is 0 Å². The van der Waals surface area contributed by atoms with Crippen LogP contribution >= 0.6 is 35.7 Å². The van der Waals surface area contributed by atoms with Crippen LogP contribution in [0.3, 0.4) is 0 Å². The van der Waals surface area contributed by atoms with Gasteiger partial charge >= 0.3 is 0 Å². The predicted octanol–water partition coefficient (Wildman–Crippen LogP) is 3.47. The maximum Gasteiger partial charge on any atom is 0.191 e. The molecule has 2 saturated heterocycles. The van der Waals surface area contributed by atoms with Crippen molar-refractivity contribution in [2.75, 3.05) is 32.4 Å². The average molecular weight is 519 g/mol. The lowest BCUT2D eigenvalue weighted by molar-refractivity contribution is -0.0704. The number of aliphatic imine (C=N–C) groups is 1. The van der Waals surface area contributed by atoms with E-state index in [2.05, 4.69) is 70.4 Å². The number of halogens is 1. The molecule has 3 rings (SSSR count). The van der Waals surface area contributed by atoms with Crippen molar-refractivity contribution < 1.29 is 4.74 Å². The van der Waals surface area contributed by atoms with E-state index in [0.717, 1.165) is 43.9 Å². The van der Waals surface area contributed by atoms with E-state index in [9.17, 15) is 0 Å². The molecule has 28 heavy (non-hydrogen) atoms. The first kappa shape index (κ1) is 23.8. The number of hydrogen-bond donors (Lipinski definition) is 2. The van der Waals surface area contributed by atoms with E-state index in [1.54, 1.807) is 0 Å². The quantitative estimate of drug-likeness (QED) is 0.343. The number of benzene rings is 1. The second-order valence-corrected chi connectivity index (χ2v) is 9.12. The summed E-state index contributed by atoms with van der Waals surface area (Å²) in [5, 5.41) is 7.61. The van der Waals surface area contributed by atoms with Gasteiger partial charge in [0.05, 0.1) is 12.2 Å². The molecule has 0 radical (unpaired) electrons. The maximum atomic E-state index is 5.82. The predicted molar refractivity (Wildman–Crippen MR) is 131 cm³/mol. The van der Waals surface area contributed by atoms with Crippen molar-refractivity contribution in [3.8, 4) is 0 Å². The second-order valence-electron chi connectivity index (χ2n) is 7.71. The van der Waals surface area contributed by atoms with Crippen LogP contribution in [0.15, 0.2) is 29.3 Å². The lowest BCUT2D eigenvalue weighted by Crippen LogP contribution is -2.44. The Hall–Kier alpha value is -0.510. The van der Waals surface area contributed by atoms with Crippen LogP contribution in [0.1, 0.15) is 37.8 Å². The van der Waals surface area contributed by atoms with E-state index < -0.39 is 0 Å². The molecule has 7 heteroatoms. The van der Waals surface area contributed by atoms with Crippen molar-refractivity contribution in [3.05, 3.63) is 35.4 Å². The number of thioether (sulfide) groups is 1. The van der Waals surface area contributed by atoms with Crippen LogP contribution < -0.4 is 10.6 Å². The van der Waals surface area contributed by atoms with E-state index in [1.807, 2.05) is 7.05 Å². The first-order chi connectivity index (χ1) is 13.1. The Balaban J connectivity index is 0.00000280. The van der Waals surface area contributed by atoms with Crippen molar-refractivity contribution in [2.45, 2.75) is 57.2 Å². The molecule has 0 aliphatic carbocycles. The highest BCUT2D eigenvalue weighted by molar-refractivity contribution is 14.0. The fourth-order valence-electron chi connectivity index (χ4n) is 3.86. The largest absolute Gasteiger partial charge is 0.373 e. The molecular weight excluding hydrogens is 483 g/mol. The van der Waals surface area contributed by atoms with Gasteiger partial charge in [-0.05, 0) is 43.6 Å². The molecule has 158 valence electrons. The van der Waals surface area contributed by atoms with Crippen molar-refractivity contribution in [3.63, 3.8) is 0 Å². The van der Waals surface area contributed by atoms with Crippen LogP contribution in [0.5, 0.6) is 0 Å². The Labute approximate surface area is 191 Å². The van der Waals surface area contributed by atoms with Gasteiger partial charge in [0.2, 0.25) is 0 Å². The summed E-state index contributed by atoms with van der Waals surface area (Å²) in [6.45, 7) is 9.12.